The molecule has 0 saturated carbocycles. The fraction of sp³-hybridized carbons (Fsp3) is 0.571. The van der Waals surface area contributed by atoms with E-state index in [1.807, 2.05) is 13.8 Å². The van der Waals surface area contributed by atoms with Gasteiger partial charge in [0.15, 0.2) is 0 Å². The van der Waals surface area contributed by atoms with E-state index in [9.17, 15) is 12.8 Å². The number of rotatable bonds is 8. The Morgan fingerprint density at radius 2 is 2.00 bits per heavy atom. The van der Waals surface area contributed by atoms with Crippen LogP contribution in [0.25, 0.3) is 0 Å². The molecule has 0 spiro atoms. The van der Waals surface area contributed by atoms with Crippen LogP contribution in [-0.4, -0.2) is 38.9 Å². The SMILES string of the molecule is Cc1ccc(NS(=O)(=O)N(C)CCCNC(C)C)cc1F. The molecule has 0 aromatic heterocycles. The zero-order valence-electron chi connectivity index (χ0n) is 13.0. The summed E-state index contributed by atoms with van der Waals surface area (Å²) in [6.07, 6.45) is 0.706. The third-order valence-electron chi connectivity index (χ3n) is 3.03. The second kappa shape index (κ2) is 7.72. The van der Waals surface area contributed by atoms with E-state index in [1.54, 1.807) is 19.1 Å². The Labute approximate surface area is 126 Å². The van der Waals surface area contributed by atoms with Gasteiger partial charge in [0.1, 0.15) is 5.82 Å². The molecule has 0 unspecified atom stereocenters. The molecule has 0 fully saturated rings. The lowest BCUT2D eigenvalue weighted by Gasteiger charge is -2.19. The lowest BCUT2D eigenvalue weighted by atomic mass is 10.2. The molecule has 0 saturated heterocycles. The van der Waals surface area contributed by atoms with E-state index in [2.05, 4.69) is 10.0 Å². The van der Waals surface area contributed by atoms with Crippen molar-refractivity contribution >= 4 is 15.9 Å². The fourth-order valence-corrected chi connectivity index (χ4v) is 2.65. The minimum atomic E-state index is -3.65. The number of hydrogen-bond acceptors (Lipinski definition) is 3. The van der Waals surface area contributed by atoms with E-state index in [-0.39, 0.29) is 5.69 Å². The van der Waals surface area contributed by atoms with Gasteiger partial charge < -0.3 is 5.32 Å². The summed E-state index contributed by atoms with van der Waals surface area (Å²) in [7, 11) is -2.15. The number of hydrogen-bond donors (Lipinski definition) is 2. The number of nitrogens with zero attached hydrogens (tertiary/aromatic N) is 1. The molecule has 1 aromatic rings. The van der Waals surface area contributed by atoms with Gasteiger partial charge in [0.2, 0.25) is 0 Å². The van der Waals surface area contributed by atoms with Gasteiger partial charge in [-0.25, -0.2) is 4.39 Å². The first-order valence-corrected chi connectivity index (χ1v) is 8.40. The van der Waals surface area contributed by atoms with E-state index in [0.29, 0.717) is 24.6 Å². The molecule has 7 heteroatoms. The Kier molecular flexibility index (Phi) is 6.57. The second-order valence-electron chi connectivity index (χ2n) is 5.35. The van der Waals surface area contributed by atoms with Gasteiger partial charge in [0, 0.05) is 19.6 Å². The average molecular weight is 317 g/mol. The molecule has 5 nitrogen and oxygen atoms in total. The van der Waals surface area contributed by atoms with Gasteiger partial charge in [-0.15, -0.1) is 0 Å². The largest absolute Gasteiger partial charge is 0.314 e. The predicted octanol–water partition coefficient (Wildman–Crippen LogP) is 2.11. The molecule has 0 heterocycles. The summed E-state index contributed by atoms with van der Waals surface area (Å²) in [5, 5.41) is 3.22. The normalized spacial score (nSPS) is 12.1. The van der Waals surface area contributed by atoms with Crippen LogP contribution in [0.3, 0.4) is 0 Å². The minimum Gasteiger partial charge on any atom is -0.314 e. The highest BCUT2D eigenvalue weighted by Gasteiger charge is 2.17. The molecule has 0 bridgehead atoms. The van der Waals surface area contributed by atoms with Crippen LogP contribution in [0.15, 0.2) is 18.2 Å². The number of halogens is 1. The van der Waals surface area contributed by atoms with Gasteiger partial charge in [-0.2, -0.15) is 12.7 Å². The highest BCUT2D eigenvalue weighted by molar-refractivity contribution is 7.90. The summed E-state index contributed by atoms with van der Waals surface area (Å²) in [5.74, 6) is -0.431. The zero-order chi connectivity index (χ0) is 16.0. The number of aryl methyl sites for hydroxylation is 1. The van der Waals surface area contributed by atoms with E-state index in [4.69, 9.17) is 0 Å². The van der Waals surface area contributed by atoms with Crippen molar-refractivity contribution in [3.8, 4) is 0 Å². The topological polar surface area (TPSA) is 61.4 Å². The van der Waals surface area contributed by atoms with E-state index in [0.717, 1.165) is 6.54 Å². The third-order valence-corrected chi connectivity index (χ3v) is 4.53. The Morgan fingerprint density at radius 1 is 1.33 bits per heavy atom. The number of anilines is 1. The molecule has 0 aliphatic heterocycles. The van der Waals surface area contributed by atoms with Crippen LogP contribution in [0.2, 0.25) is 0 Å². The average Bonchev–Trinajstić information content (AvgIpc) is 2.38. The maximum absolute atomic E-state index is 13.4. The summed E-state index contributed by atoms with van der Waals surface area (Å²) < 4.78 is 41.2. The van der Waals surface area contributed by atoms with Crippen molar-refractivity contribution in [2.45, 2.75) is 33.2 Å². The van der Waals surface area contributed by atoms with Crippen LogP contribution in [-0.2, 0) is 10.2 Å². The van der Waals surface area contributed by atoms with Crippen molar-refractivity contribution in [2.75, 3.05) is 24.9 Å². The van der Waals surface area contributed by atoms with Gasteiger partial charge in [-0.1, -0.05) is 19.9 Å². The van der Waals surface area contributed by atoms with Crippen molar-refractivity contribution in [3.63, 3.8) is 0 Å². The maximum Gasteiger partial charge on any atom is 0.301 e. The molecule has 0 aliphatic rings. The van der Waals surface area contributed by atoms with Crippen LogP contribution in [0.1, 0.15) is 25.8 Å². The fourth-order valence-electron chi connectivity index (χ4n) is 1.70. The Hall–Kier alpha value is -1.18. The predicted molar refractivity (Wildman–Crippen MR) is 84.1 cm³/mol. The van der Waals surface area contributed by atoms with E-state index >= 15 is 0 Å². The molecule has 120 valence electrons. The summed E-state index contributed by atoms with van der Waals surface area (Å²) in [4.78, 5) is 0. The van der Waals surface area contributed by atoms with Gasteiger partial charge in [0.05, 0.1) is 5.69 Å². The molecular weight excluding hydrogens is 293 g/mol. The van der Waals surface area contributed by atoms with Crippen LogP contribution in [0.5, 0.6) is 0 Å². The second-order valence-corrected chi connectivity index (χ2v) is 7.13. The molecular formula is C14H24FN3O2S. The van der Waals surface area contributed by atoms with Gasteiger partial charge in [-0.3, -0.25) is 4.72 Å². The van der Waals surface area contributed by atoms with Crippen molar-refractivity contribution < 1.29 is 12.8 Å². The first-order chi connectivity index (χ1) is 9.72. The van der Waals surface area contributed by atoms with Crippen LogP contribution < -0.4 is 10.0 Å². The molecule has 0 aliphatic carbocycles. The monoisotopic (exact) mass is 317 g/mol. The molecule has 1 aromatic carbocycles. The Balaban J connectivity index is 2.57. The maximum atomic E-state index is 13.4. The minimum absolute atomic E-state index is 0.227. The lowest BCUT2D eigenvalue weighted by molar-refractivity contribution is 0.451. The van der Waals surface area contributed by atoms with E-state index in [1.165, 1.54) is 17.4 Å². The van der Waals surface area contributed by atoms with Gasteiger partial charge in [0.25, 0.3) is 0 Å². The highest BCUT2D eigenvalue weighted by Crippen LogP contribution is 2.15. The standard InChI is InChI=1S/C14H24FN3O2S/c1-11(2)16-8-5-9-18(4)21(19,20)17-13-7-6-12(3)14(15)10-13/h6-7,10-11,16-17H,5,8-9H2,1-4H3. The van der Waals surface area contributed by atoms with Crippen LogP contribution in [0, 0.1) is 12.7 Å². The Morgan fingerprint density at radius 3 is 2.57 bits per heavy atom. The first-order valence-electron chi connectivity index (χ1n) is 6.96. The molecule has 2 N–H and O–H groups in total. The molecule has 0 amide bonds. The summed E-state index contributed by atoms with van der Waals surface area (Å²) in [5.41, 5.74) is 0.705. The summed E-state index contributed by atoms with van der Waals surface area (Å²) in [6, 6.07) is 4.64. The lowest BCUT2D eigenvalue weighted by Crippen LogP contribution is -2.35. The molecule has 0 radical (unpaired) electrons. The Bertz CT molecular complexity index is 561. The van der Waals surface area contributed by atoms with Gasteiger partial charge in [-0.05, 0) is 37.6 Å². The van der Waals surface area contributed by atoms with Crippen molar-refractivity contribution in [2.24, 2.45) is 0 Å². The van der Waals surface area contributed by atoms with Crippen LogP contribution >= 0.6 is 0 Å². The quantitative estimate of drug-likeness (QED) is 0.722. The molecule has 0 atom stereocenters. The van der Waals surface area contributed by atoms with Gasteiger partial charge >= 0.3 is 10.2 Å². The molecule has 21 heavy (non-hydrogen) atoms. The first kappa shape index (κ1) is 17.9. The van der Waals surface area contributed by atoms with E-state index < -0.39 is 16.0 Å². The highest BCUT2D eigenvalue weighted by atomic mass is 32.2. The van der Waals surface area contributed by atoms with Crippen LogP contribution in [0.4, 0.5) is 10.1 Å². The molecule has 1 rings (SSSR count). The summed E-state index contributed by atoms with van der Waals surface area (Å²) >= 11 is 0. The van der Waals surface area contributed by atoms with Crippen molar-refractivity contribution in [1.82, 2.24) is 9.62 Å². The zero-order valence-corrected chi connectivity index (χ0v) is 13.8. The number of nitrogens with one attached hydrogen (secondary N) is 2. The number of benzene rings is 1. The third kappa shape index (κ3) is 5.99. The summed E-state index contributed by atoms with van der Waals surface area (Å²) in [6.45, 7) is 6.84. The van der Waals surface area contributed by atoms with Crippen molar-refractivity contribution in [3.05, 3.63) is 29.6 Å². The smallest absolute Gasteiger partial charge is 0.301 e. The van der Waals surface area contributed by atoms with Crippen molar-refractivity contribution in [1.29, 1.82) is 0 Å².